The van der Waals surface area contributed by atoms with Crippen molar-refractivity contribution in [3.05, 3.63) is 59.2 Å². The molecule has 174 valence electrons. The largest absolute Gasteiger partial charge is 0.387 e. The van der Waals surface area contributed by atoms with Crippen molar-refractivity contribution in [1.82, 2.24) is 4.90 Å². The van der Waals surface area contributed by atoms with Crippen LogP contribution in [0.2, 0.25) is 0 Å². The standard InChI is InChI=1S/C30H43NO/c1-20(2)12-14-31(15-13-21(3)4)19-30(32)26-16-23(7)27-10-9-25-17-24(22(5)6)8-11-28(25)29(27)18-26/h8-11,16-18,20-22,30,32H,12-15,19H2,1-7H3/t30-/m1/s1. The topological polar surface area (TPSA) is 23.5 Å². The van der Waals surface area contributed by atoms with Crippen LogP contribution < -0.4 is 0 Å². The van der Waals surface area contributed by atoms with Crippen molar-refractivity contribution in [3.8, 4) is 0 Å². The monoisotopic (exact) mass is 433 g/mol. The van der Waals surface area contributed by atoms with E-state index in [1.165, 1.54) is 45.5 Å². The first-order valence-electron chi connectivity index (χ1n) is 12.5. The highest BCUT2D eigenvalue weighted by atomic mass is 16.3. The molecule has 0 fully saturated rings. The average Bonchev–Trinajstić information content (AvgIpc) is 2.74. The summed E-state index contributed by atoms with van der Waals surface area (Å²) in [4.78, 5) is 2.46. The van der Waals surface area contributed by atoms with Gasteiger partial charge in [-0.15, -0.1) is 0 Å². The third-order valence-corrected chi connectivity index (χ3v) is 6.73. The summed E-state index contributed by atoms with van der Waals surface area (Å²) in [7, 11) is 0. The molecule has 0 aliphatic heterocycles. The van der Waals surface area contributed by atoms with Crippen molar-refractivity contribution in [2.75, 3.05) is 19.6 Å². The molecule has 1 N–H and O–H groups in total. The van der Waals surface area contributed by atoms with E-state index in [1.807, 2.05) is 0 Å². The Hall–Kier alpha value is -1.90. The van der Waals surface area contributed by atoms with E-state index in [2.05, 4.69) is 95.8 Å². The normalized spacial score (nSPS) is 13.4. The van der Waals surface area contributed by atoms with E-state index in [1.54, 1.807) is 0 Å². The highest BCUT2D eigenvalue weighted by Gasteiger charge is 2.17. The molecule has 2 heteroatoms. The second-order valence-electron chi connectivity index (χ2n) is 10.8. The molecule has 0 radical (unpaired) electrons. The van der Waals surface area contributed by atoms with Crippen LogP contribution in [0.25, 0.3) is 21.5 Å². The molecule has 0 unspecified atom stereocenters. The Labute approximate surface area is 195 Å². The Bertz CT molecular complexity index is 1020. The van der Waals surface area contributed by atoms with Crippen LogP contribution >= 0.6 is 0 Å². The fourth-order valence-corrected chi connectivity index (χ4v) is 4.49. The molecule has 0 saturated heterocycles. The lowest BCUT2D eigenvalue weighted by Crippen LogP contribution is -2.32. The van der Waals surface area contributed by atoms with Crippen LogP contribution in [0.15, 0.2) is 42.5 Å². The summed E-state index contributed by atoms with van der Waals surface area (Å²) in [6, 6.07) is 15.7. The Kier molecular flexibility index (Phi) is 8.36. The second-order valence-corrected chi connectivity index (χ2v) is 10.8. The predicted molar refractivity (Wildman–Crippen MR) is 141 cm³/mol. The molecular formula is C30H43NO. The first-order valence-corrected chi connectivity index (χ1v) is 12.5. The van der Waals surface area contributed by atoms with E-state index in [0.29, 0.717) is 24.3 Å². The number of hydrogen-bond acceptors (Lipinski definition) is 2. The number of hydrogen-bond donors (Lipinski definition) is 1. The summed E-state index contributed by atoms with van der Waals surface area (Å²) in [5.41, 5.74) is 3.65. The van der Waals surface area contributed by atoms with E-state index in [0.717, 1.165) is 18.7 Å². The average molecular weight is 434 g/mol. The van der Waals surface area contributed by atoms with E-state index >= 15 is 0 Å². The zero-order valence-corrected chi connectivity index (χ0v) is 21.3. The minimum Gasteiger partial charge on any atom is -0.387 e. The Morgan fingerprint density at radius 1 is 0.719 bits per heavy atom. The molecule has 0 aliphatic rings. The maximum Gasteiger partial charge on any atom is 0.0917 e. The molecule has 0 saturated carbocycles. The summed E-state index contributed by atoms with van der Waals surface area (Å²) in [6.45, 7) is 18.6. The summed E-state index contributed by atoms with van der Waals surface area (Å²) in [6.07, 6.45) is 1.87. The minimum atomic E-state index is -0.470. The van der Waals surface area contributed by atoms with Crippen LogP contribution in [0, 0.1) is 18.8 Å². The third kappa shape index (κ3) is 6.11. The number of aliphatic hydroxyl groups excluding tert-OH is 1. The summed E-state index contributed by atoms with van der Waals surface area (Å²) in [5, 5.41) is 16.3. The molecule has 0 heterocycles. The molecule has 0 bridgehead atoms. The van der Waals surface area contributed by atoms with Gasteiger partial charge in [0.25, 0.3) is 0 Å². The van der Waals surface area contributed by atoms with Gasteiger partial charge >= 0.3 is 0 Å². The molecule has 2 nitrogen and oxygen atoms in total. The minimum absolute atomic E-state index is 0.470. The van der Waals surface area contributed by atoms with Gasteiger partial charge in [-0.2, -0.15) is 0 Å². The summed E-state index contributed by atoms with van der Waals surface area (Å²) in [5.74, 6) is 1.88. The van der Waals surface area contributed by atoms with Gasteiger partial charge in [0.1, 0.15) is 0 Å². The molecule has 0 spiro atoms. The SMILES string of the molecule is Cc1cc([C@H](O)CN(CCC(C)C)CCC(C)C)cc2c1ccc1cc(C(C)C)ccc12. The zero-order chi connectivity index (χ0) is 23.4. The summed E-state index contributed by atoms with van der Waals surface area (Å²) >= 11 is 0. The summed E-state index contributed by atoms with van der Waals surface area (Å²) < 4.78 is 0. The van der Waals surface area contributed by atoms with Crippen molar-refractivity contribution in [2.45, 2.75) is 73.3 Å². The molecule has 1 atom stereocenters. The number of nitrogens with zero attached hydrogens (tertiary/aromatic N) is 1. The van der Waals surface area contributed by atoms with Crippen LogP contribution in [0.3, 0.4) is 0 Å². The van der Waals surface area contributed by atoms with Crippen molar-refractivity contribution in [2.24, 2.45) is 11.8 Å². The molecular weight excluding hydrogens is 390 g/mol. The fraction of sp³-hybridized carbons (Fsp3) is 0.533. The Balaban J connectivity index is 1.92. The molecule has 3 rings (SSSR count). The lowest BCUT2D eigenvalue weighted by atomic mass is 9.92. The first kappa shape index (κ1) is 24.7. The third-order valence-electron chi connectivity index (χ3n) is 6.73. The number of rotatable bonds is 10. The number of fused-ring (bicyclic) bond motifs is 3. The maximum atomic E-state index is 11.3. The number of aliphatic hydroxyl groups is 1. The van der Waals surface area contributed by atoms with Crippen LogP contribution in [-0.4, -0.2) is 29.6 Å². The van der Waals surface area contributed by atoms with Gasteiger partial charge < -0.3 is 10.0 Å². The fourth-order valence-electron chi connectivity index (χ4n) is 4.49. The molecule has 0 aromatic heterocycles. The van der Waals surface area contributed by atoms with Gasteiger partial charge in [0.15, 0.2) is 0 Å². The van der Waals surface area contributed by atoms with Gasteiger partial charge in [0, 0.05) is 6.54 Å². The van der Waals surface area contributed by atoms with Gasteiger partial charge in [0.2, 0.25) is 0 Å². The molecule has 0 aliphatic carbocycles. The van der Waals surface area contributed by atoms with E-state index < -0.39 is 6.10 Å². The zero-order valence-electron chi connectivity index (χ0n) is 21.3. The van der Waals surface area contributed by atoms with Crippen molar-refractivity contribution >= 4 is 21.5 Å². The van der Waals surface area contributed by atoms with Crippen molar-refractivity contribution in [1.29, 1.82) is 0 Å². The van der Waals surface area contributed by atoms with Crippen LogP contribution in [-0.2, 0) is 0 Å². The van der Waals surface area contributed by atoms with Crippen LogP contribution in [0.5, 0.6) is 0 Å². The van der Waals surface area contributed by atoms with Crippen molar-refractivity contribution in [3.63, 3.8) is 0 Å². The van der Waals surface area contributed by atoms with E-state index in [4.69, 9.17) is 0 Å². The molecule has 3 aromatic rings. The highest BCUT2D eigenvalue weighted by molar-refractivity contribution is 6.08. The smallest absolute Gasteiger partial charge is 0.0917 e. The Morgan fingerprint density at radius 3 is 1.94 bits per heavy atom. The van der Waals surface area contributed by atoms with Crippen molar-refractivity contribution < 1.29 is 5.11 Å². The quantitative estimate of drug-likeness (QED) is 0.329. The predicted octanol–water partition coefficient (Wildman–Crippen LogP) is 7.85. The molecule has 3 aromatic carbocycles. The van der Waals surface area contributed by atoms with Gasteiger partial charge in [-0.3, -0.25) is 0 Å². The number of aryl methyl sites for hydroxylation is 1. The first-order chi connectivity index (χ1) is 15.2. The molecule has 0 amide bonds. The van der Waals surface area contributed by atoms with Gasteiger partial charge in [0.05, 0.1) is 6.10 Å². The van der Waals surface area contributed by atoms with E-state index in [-0.39, 0.29) is 0 Å². The van der Waals surface area contributed by atoms with E-state index in [9.17, 15) is 5.11 Å². The van der Waals surface area contributed by atoms with Crippen LogP contribution in [0.4, 0.5) is 0 Å². The lowest BCUT2D eigenvalue weighted by molar-refractivity contribution is 0.107. The Morgan fingerprint density at radius 2 is 1.34 bits per heavy atom. The van der Waals surface area contributed by atoms with Gasteiger partial charge in [-0.25, -0.2) is 0 Å². The van der Waals surface area contributed by atoms with Gasteiger partial charge in [-0.1, -0.05) is 77.9 Å². The number of benzene rings is 3. The highest BCUT2D eigenvalue weighted by Crippen LogP contribution is 2.32. The van der Waals surface area contributed by atoms with Gasteiger partial charge in [-0.05, 0) is 94.9 Å². The second kappa shape index (κ2) is 10.8. The maximum absolute atomic E-state index is 11.3. The van der Waals surface area contributed by atoms with Crippen LogP contribution in [0.1, 0.15) is 83.1 Å². The molecule has 32 heavy (non-hydrogen) atoms. The lowest BCUT2D eigenvalue weighted by Gasteiger charge is -2.27.